The summed E-state index contributed by atoms with van der Waals surface area (Å²) in [5.41, 5.74) is 1.21. The molecular formula is C21H35BO4. The summed E-state index contributed by atoms with van der Waals surface area (Å²) in [5, 5.41) is 0. The highest BCUT2D eigenvalue weighted by Crippen LogP contribution is 2.38. The second-order valence-electron chi connectivity index (χ2n) is 8.13. The van der Waals surface area contributed by atoms with Crippen molar-refractivity contribution in [2.24, 2.45) is 0 Å². The molecule has 0 N–H and O–H groups in total. The third kappa shape index (κ3) is 4.62. The molecule has 0 bridgehead atoms. The smallest absolute Gasteiger partial charge is 0.497 e. The van der Waals surface area contributed by atoms with Crippen LogP contribution in [0.2, 0.25) is 0 Å². The summed E-state index contributed by atoms with van der Waals surface area (Å²) >= 11 is 0. The van der Waals surface area contributed by atoms with Crippen molar-refractivity contribution in [1.29, 1.82) is 0 Å². The molecule has 0 aliphatic carbocycles. The highest BCUT2D eigenvalue weighted by molar-refractivity contribution is 6.63. The second kappa shape index (κ2) is 8.77. The topological polar surface area (TPSA) is 36.9 Å². The lowest BCUT2D eigenvalue weighted by molar-refractivity contribution is 0.00578. The van der Waals surface area contributed by atoms with E-state index in [0.29, 0.717) is 0 Å². The maximum absolute atomic E-state index is 6.21. The lowest BCUT2D eigenvalue weighted by Gasteiger charge is -2.32. The van der Waals surface area contributed by atoms with Gasteiger partial charge in [0.05, 0.1) is 24.4 Å². The molecule has 0 aromatic heterocycles. The van der Waals surface area contributed by atoms with Gasteiger partial charge in [-0.3, -0.25) is 0 Å². The molecule has 1 aliphatic rings. The minimum Gasteiger partial charge on any atom is -0.497 e. The number of unbranched alkanes of at least 4 members (excludes halogenated alkanes) is 3. The first kappa shape index (κ1) is 21.3. The van der Waals surface area contributed by atoms with Crippen LogP contribution in [0.1, 0.15) is 78.9 Å². The predicted molar refractivity (Wildman–Crippen MR) is 107 cm³/mol. The molecule has 1 aromatic carbocycles. The molecule has 1 unspecified atom stereocenters. The number of methoxy groups -OCH3 is 1. The Kier molecular flexibility index (Phi) is 7.17. The number of ether oxygens (including phenoxy) is 2. The zero-order chi connectivity index (χ0) is 19.4. The second-order valence-corrected chi connectivity index (χ2v) is 8.13. The standard InChI is InChI=1S/C21H35BO4/c1-8-9-10-11-15-24-16(2)17-13-12-14-18(19(17)23-7)22-25-20(3,4)21(5,6)26-22/h12-14,16H,8-11,15H2,1-7H3. The van der Waals surface area contributed by atoms with Crippen LogP contribution in [-0.2, 0) is 14.0 Å². The van der Waals surface area contributed by atoms with Gasteiger partial charge in [-0.25, -0.2) is 0 Å². The summed E-state index contributed by atoms with van der Waals surface area (Å²) < 4.78 is 24.2. The maximum atomic E-state index is 6.21. The Bertz CT molecular complexity index is 569. The van der Waals surface area contributed by atoms with Crippen molar-refractivity contribution in [2.45, 2.75) is 84.5 Å². The van der Waals surface area contributed by atoms with Crippen LogP contribution in [-0.4, -0.2) is 32.0 Å². The van der Waals surface area contributed by atoms with E-state index in [0.717, 1.165) is 29.8 Å². The van der Waals surface area contributed by atoms with Crippen molar-refractivity contribution in [1.82, 2.24) is 0 Å². The molecule has 1 atom stereocenters. The molecule has 0 spiro atoms. The van der Waals surface area contributed by atoms with Gasteiger partial charge in [0.15, 0.2) is 0 Å². The molecule has 5 heteroatoms. The normalized spacial score (nSPS) is 19.6. The minimum atomic E-state index is -0.438. The van der Waals surface area contributed by atoms with E-state index in [-0.39, 0.29) is 17.3 Å². The van der Waals surface area contributed by atoms with Gasteiger partial charge in [-0.2, -0.15) is 0 Å². The Morgan fingerprint density at radius 3 is 2.27 bits per heavy atom. The zero-order valence-corrected chi connectivity index (χ0v) is 17.6. The number of benzene rings is 1. The molecular weight excluding hydrogens is 327 g/mol. The minimum absolute atomic E-state index is 0.0334. The third-order valence-corrected chi connectivity index (χ3v) is 5.59. The van der Waals surface area contributed by atoms with Gasteiger partial charge in [-0.15, -0.1) is 0 Å². The summed E-state index contributed by atoms with van der Waals surface area (Å²) in [6, 6.07) is 6.10. The Hall–Kier alpha value is -1.04. The number of rotatable bonds is 9. The van der Waals surface area contributed by atoms with Gasteiger partial charge < -0.3 is 18.8 Å². The van der Waals surface area contributed by atoms with Crippen LogP contribution < -0.4 is 10.2 Å². The van der Waals surface area contributed by atoms with E-state index in [1.54, 1.807) is 7.11 Å². The lowest BCUT2D eigenvalue weighted by atomic mass is 9.77. The van der Waals surface area contributed by atoms with E-state index in [2.05, 4.69) is 47.6 Å². The molecule has 146 valence electrons. The fourth-order valence-corrected chi connectivity index (χ4v) is 3.16. The van der Waals surface area contributed by atoms with E-state index in [1.165, 1.54) is 19.3 Å². The van der Waals surface area contributed by atoms with Crippen molar-refractivity contribution >= 4 is 12.6 Å². The Morgan fingerprint density at radius 2 is 1.69 bits per heavy atom. The zero-order valence-electron chi connectivity index (χ0n) is 17.6. The van der Waals surface area contributed by atoms with Crippen molar-refractivity contribution in [3.8, 4) is 5.75 Å². The average molecular weight is 362 g/mol. The van der Waals surface area contributed by atoms with Crippen LogP contribution in [0.3, 0.4) is 0 Å². The molecule has 1 saturated heterocycles. The molecule has 1 aliphatic heterocycles. The average Bonchev–Trinajstić information content (AvgIpc) is 2.81. The lowest BCUT2D eigenvalue weighted by Crippen LogP contribution is -2.41. The third-order valence-electron chi connectivity index (χ3n) is 5.59. The summed E-state index contributed by atoms with van der Waals surface area (Å²) in [5.74, 6) is 0.798. The van der Waals surface area contributed by atoms with Crippen molar-refractivity contribution in [3.63, 3.8) is 0 Å². The van der Waals surface area contributed by atoms with Crippen molar-refractivity contribution in [3.05, 3.63) is 23.8 Å². The quantitative estimate of drug-likeness (QED) is 0.473. The number of para-hydroxylation sites is 1. The van der Waals surface area contributed by atoms with Crippen molar-refractivity contribution < 1.29 is 18.8 Å². The summed E-state index contributed by atoms with van der Waals surface area (Å²) in [6.07, 6.45) is 4.78. The van der Waals surface area contributed by atoms with Gasteiger partial charge >= 0.3 is 7.12 Å². The molecule has 4 nitrogen and oxygen atoms in total. The van der Waals surface area contributed by atoms with Gasteiger partial charge in [-0.05, 0) is 41.0 Å². The van der Waals surface area contributed by atoms with Gasteiger partial charge in [0.25, 0.3) is 0 Å². The highest BCUT2D eigenvalue weighted by Gasteiger charge is 2.52. The first-order chi connectivity index (χ1) is 12.2. The largest absolute Gasteiger partial charge is 0.498 e. The van der Waals surface area contributed by atoms with Gasteiger partial charge in [-0.1, -0.05) is 44.4 Å². The molecule has 1 aromatic rings. The number of hydrogen-bond acceptors (Lipinski definition) is 4. The van der Waals surface area contributed by atoms with Crippen LogP contribution in [0.25, 0.3) is 0 Å². The highest BCUT2D eigenvalue weighted by atomic mass is 16.7. The van der Waals surface area contributed by atoms with Gasteiger partial charge in [0, 0.05) is 17.6 Å². The Morgan fingerprint density at radius 1 is 1.04 bits per heavy atom. The van der Waals surface area contributed by atoms with Crippen LogP contribution in [0.15, 0.2) is 18.2 Å². The van der Waals surface area contributed by atoms with E-state index < -0.39 is 7.12 Å². The van der Waals surface area contributed by atoms with Crippen LogP contribution in [0, 0.1) is 0 Å². The van der Waals surface area contributed by atoms with Gasteiger partial charge in [0.1, 0.15) is 5.75 Å². The van der Waals surface area contributed by atoms with E-state index in [9.17, 15) is 0 Å². The summed E-state index contributed by atoms with van der Waals surface area (Å²) in [7, 11) is 1.26. The van der Waals surface area contributed by atoms with Crippen LogP contribution in [0.4, 0.5) is 0 Å². The SMILES string of the molecule is CCCCCCOC(C)c1cccc(B2OC(C)(C)C(C)(C)O2)c1OC. The van der Waals surface area contributed by atoms with E-state index in [1.807, 2.05) is 12.1 Å². The summed E-state index contributed by atoms with van der Waals surface area (Å²) in [6.45, 7) is 13.3. The molecule has 2 rings (SSSR count). The molecule has 0 saturated carbocycles. The summed E-state index contributed by atoms with van der Waals surface area (Å²) in [4.78, 5) is 0. The molecule has 1 fully saturated rings. The molecule has 0 radical (unpaired) electrons. The Balaban J connectivity index is 2.14. The van der Waals surface area contributed by atoms with E-state index in [4.69, 9.17) is 18.8 Å². The van der Waals surface area contributed by atoms with E-state index >= 15 is 0 Å². The van der Waals surface area contributed by atoms with Crippen LogP contribution >= 0.6 is 0 Å². The van der Waals surface area contributed by atoms with Gasteiger partial charge in [0.2, 0.25) is 0 Å². The molecule has 0 amide bonds. The molecule has 1 heterocycles. The number of hydrogen-bond donors (Lipinski definition) is 0. The van der Waals surface area contributed by atoms with Crippen molar-refractivity contribution in [2.75, 3.05) is 13.7 Å². The molecule has 26 heavy (non-hydrogen) atoms. The first-order valence-corrected chi connectivity index (χ1v) is 9.87. The fourth-order valence-electron chi connectivity index (χ4n) is 3.16. The first-order valence-electron chi connectivity index (χ1n) is 9.87. The maximum Gasteiger partial charge on any atom is 0.498 e. The predicted octanol–water partition coefficient (Wildman–Crippen LogP) is 4.65. The monoisotopic (exact) mass is 362 g/mol. The fraction of sp³-hybridized carbons (Fsp3) is 0.714. The Labute approximate surface area is 159 Å². The van der Waals surface area contributed by atoms with Crippen LogP contribution in [0.5, 0.6) is 5.75 Å².